The number of imide groups is 1. The van der Waals surface area contributed by atoms with Gasteiger partial charge in [-0.25, -0.2) is 4.79 Å². The number of aromatic nitrogens is 2. The normalized spacial score (nSPS) is 11.6. The van der Waals surface area contributed by atoms with Crippen molar-refractivity contribution in [2.24, 2.45) is 0 Å². The van der Waals surface area contributed by atoms with Gasteiger partial charge in [0.1, 0.15) is 0 Å². The van der Waals surface area contributed by atoms with Crippen LogP contribution < -0.4 is 16.0 Å². The van der Waals surface area contributed by atoms with Crippen LogP contribution in [0.15, 0.2) is 34.7 Å². The van der Waals surface area contributed by atoms with Gasteiger partial charge in [0.25, 0.3) is 0 Å². The zero-order valence-corrected chi connectivity index (χ0v) is 16.5. The quantitative estimate of drug-likeness (QED) is 0.447. The molecule has 0 bridgehead atoms. The molecule has 0 aliphatic rings. The smallest absolute Gasteiger partial charge is 0.321 e. The van der Waals surface area contributed by atoms with Crippen LogP contribution in [0.5, 0.6) is 0 Å². The highest BCUT2D eigenvalue weighted by Crippen LogP contribution is 2.28. The minimum Gasteiger partial charge on any atom is -0.360 e. The topological polar surface area (TPSA) is 96.0 Å². The maximum absolute atomic E-state index is 12.1. The Morgan fingerprint density at radius 3 is 2.73 bits per heavy atom. The van der Waals surface area contributed by atoms with Crippen molar-refractivity contribution < 1.29 is 9.59 Å². The molecule has 0 saturated carbocycles. The highest BCUT2D eigenvalue weighted by molar-refractivity contribution is 8.02. The van der Waals surface area contributed by atoms with E-state index in [9.17, 15) is 9.59 Å². The van der Waals surface area contributed by atoms with Crippen molar-refractivity contribution in [3.63, 3.8) is 0 Å². The average molecular weight is 394 g/mol. The van der Waals surface area contributed by atoms with Crippen molar-refractivity contribution in [1.82, 2.24) is 20.8 Å². The molecule has 0 fully saturated rings. The summed E-state index contributed by atoms with van der Waals surface area (Å²) in [7, 11) is 0. The van der Waals surface area contributed by atoms with Crippen molar-refractivity contribution in [2.75, 3.05) is 11.9 Å². The molecule has 3 amide bonds. The number of carbonyl (C=O) groups excluding carboxylic acids is 2. The molecule has 26 heavy (non-hydrogen) atoms. The molecular weight excluding hydrogens is 370 g/mol. The number of nitrogens with one attached hydrogen (secondary N) is 3. The molecule has 1 aromatic heterocycles. The van der Waals surface area contributed by atoms with Crippen LogP contribution in [0.3, 0.4) is 0 Å². The van der Waals surface area contributed by atoms with Gasteiger partial charge >= 0.3 is 6.03 Å². The monoisotopic (exact) mass is 393 g/mol. The molecule has 1 atom stereocenters. The van der Waals surface area contributed by atoms with Crippen LogP contribution in [0.1, 0.15) is 32.3 Å². The number of nitrogens with zero attached hydrogens (tertiary/aromatic N) is 2. The summed E-state index contributed by atoms with van der Waals surface area (Å²) in [4.78, 5) is 24.0. The summed E-state index contributed by atoms with van der Waals surface area (Å²) in [6, 6.07) is 9.00. The van der Waals surface area contributed by atoms with E-state index in [-0.39, 0.29) is 5.91 Å². The Morgan fingerprint density at radius 1 is 1.23 bits per heavy atom. The predicted molar refractivity (Wildman–Crippen MR) is 105 cm³/mol. The van der Waals surface area contributed by atoms with Gasteiger partial charge in [0.15, 0.2) is 4.34 Å². The van der Waals surface area contributed by atoms with Crippen molar-refractivity contribution in [2.45, 2.75) is 42.8 Å². The maximum Gasteiger partial charge on any atom is 0.321 e. The van der Waals surface area contributed by atoms with Crippen molar-refractivity contribution in [3.8, 4) is 0 Å². The van der Waals surface area contributed by atoms with Crippen LogP contribution in [0.4, 0.5) is 9.93 Å². The summed E-state index contributed by atoms with van der Waals surface area (Å²) >= 11 is 2.69. The third-order valence-electron chi connectivity index (χ3n) is 3.39. The van der Waals surface area contributed by atoms with Gasteiger partial charge in [0.05, 0.1) is 5.25 Å². The molecule has 0 spiro atoms. The van der Waals surface area contributed by atoms with Gasteiger partial charge in [-0.2, -0.15) is 0 Å². The van der Waals surface area contributed by atoms with E-state index in [4.69, 9.17) is 0 Å². The Kier molecular flexibility index (Phi) is 8.36. The number of rotatable bonds is 9. The van der Waals surface area contributed by atoms with E-state index in [0.717, 1.165) is 30.1 Å². The first-order chi connectivity index (χ1) is 12.6. The largest absolute Gasteiger partial charge is 0.360 e. The van der Waals surface area contributed by atoms with Crippen molar-refractivity contribution in [1.29, 1.82) is 0 Å². The molecule has 7 nitrogen and oxygen atoms in total. The van der Waals surface area contributed by atoms with E-state index in [1.165, 1.54) is 23.1 Å². The third-order valence-corrected chi connectivity index (χ3v) is 5.46. The third kappa shape index (κ3) is 7.01. The van der Waals surface area contributed by atoms with Crippen LogP contribution >= 0.6 is 23.1 Å². The van der Waals surface area contributed by atoms with Crippen molar-refractivity contribution in [3.05, 3.63) is 35.9 Å². The van der Waals surface area contributed by atoms with E-state index in [1.54, 1.807) is 6.92 Å². The minimum absolute atomic E-state index is 0.365. The maximum atomic E-state index is 12.1. The van der Waals surface area contributed by atoms with Crippen molar-refractivity contribution >= 4 is 40.2 Å². The van der Waals surface area contributed by atoms with E-state index in [0.29, 0.717) is 10.9 Å². The molecule has 1 aromatic carbocycles. The summed E-state index contributed by atoms with van der Waals surface area (Å²) in [5, 5.41) is 16.6. The van der Waals surface area contributed by atoms with Gasteiger partial charge in [-0.05, 0) is 18.9 Å². The molecule has 0 radical (unpaired) electrons. The lowest BCUT2D eigenvalue weighted by Crippen LogP contribution is -2.42. The molecule has 9 heteroatoms. The zero-order chi connectivity index (χ0) is 18.8. The Labute approximate surface area is 161 Å². The van der Waals surface area contributed by atoms with E-state index < -0.39 is 11.3 Å². The van der Waals surface area contributed by atoms with Crippen LogP contribution in [0.25, 0.3) is 0 Å². The summed E-state index contributed by atoms with van der Waals surface area (Å²) < 4.78 is 0.691. The lowest BCUT2D eigenvalue weighted by atomic mass is 10.2. The molecular formula is C17H23N5O2S2. The highest BCUT2D eigenvalue weighted by Gasteiger charge is 2.19. The Morgan fingerprint density at radius 2 is 2.00 bits per heavy atom. The predicted octanol–water partition coefficient (Wildman–Crippen LogP) is 3.26. The molecule has 0 saturated heterocycles. The van der Waals surface area contributed by atoms with Crippen LogP contribution in [-0.2, 0) is 11.3 Å². The standard InChI is InChI=1S/C17H23N5O2S2/c1-3-4-10-18-16-21-22-17(26-16)25-12(2)14(23)20-15(24)19-11-13-8-6-5-7-9-13/h5-9,12H,3-4,10-11H2,1-2H3,(H,18,21)(H2,19,20,23,24)/t12-/m0/s1. The number of benzene rings is 1. The van der Waals surface area contributed by atoms with E-state index in [1.807, 2.05) is 30.3 Å². The van der Waals surface area contributed by atoms with Crippen LogP contribution in [0.2, 0.25) is 0 Å². The van der Waals surface area contributed by atoms with Gasteiger partial charge < -0.3 is 10.6 Å². The first kappa shape index (κ1) is 20.2. The second-order valence-corrected chi connectivity index (χ2v) is 8.14. The second kappa shape index (κ2) is 10.8. The minimum atomic E-state index is -0.509. The molecule has 140 valence electrons. The Bertz CT molecular complexity index is 708. The summed E-state index contributed by atoms with van der Waals surface area (Å²) in [6.45, 7) is 5.08. The Hall–Kier alpha value is -2.13. The number of anilines is 1. The zero-order valence-electron chi connectivity index (χ0n) is 14.8. The number of hydrogen-bond donors (Lipinski definition) is 3. The lowest BCUT2D eigenvalue weighted by Gasteiger charge is -2.10. The molecule has 0 aliphatic heterocycles. The fourth-order valence-electron chi connectivity index (χ4n) is 1.94. The molecule has 2 rings (SSSR count). The average Bonchev–Trinajstić information content (AvgIpc) is 3.08. The fourth-order valence-corrected chi connectivity index (χ4v) is 3.86. The molecule has 2 aromatic rings. The van der Waals surface area contributed by atoms with Gasteiger partial charge in [-0.1, -0.05) is 66.8 Å². The summed E-state index contributed by atoms with van der Waals surface area (Å²) in [6.07, 6.45) is 2.18. The SMILES string of the molecule is CCCCNc1nnc(S[C@@H](C)C(=O)NC(=O)NCc2ccccc2)s1. The number of unbranched alkanes of at least 4 members (excludes halogenated alkanes) is 1. The van der Waals surface area contributed by atoms with Gasteiger partial charge in [0.2, 0.25) is 11.0 Å². The Balaban J connectivity index is 1.73. The molecule has 3 N–H and O–H groups in total. The molecule has 1 heterocycles. The number of hydrogen-bond acceptors (Lipinski definition) is 7. The van der Waals surface area contributed by atoms with Gasteiger partial charge in [-0.15, -0.1) is 10.2 Å². The number of carbonyl (C=O) groups is 2. The second-order valence-electron chi connectivity index (χ2n) is 5.57. The molecule has 0 unspecified atom stereocenters. The first-order valence-electron chi connectivity index (χ1n) is 8.45. The number of urea groups is 1. The van der Waals surface area contributed by atoms with Gasteiger partial charge in [-0.3, -0.25) is 10.1 Å². The number of amides is 3. The van der Waals surface area contributed by atoms with E-state index >= 15 is 0 Å². The van der Waals surface area contributed by atoms with Crippen LogP contribution in [-0.4, -0.2) is 33.9 Å². The summed E-state index contributed by atoms with van der Waals surface area (Å²) in [5.74, 6) is -0.365. The summed E-state index contributed by atoms with van der Waals surface area (Å²) in [5.41, 5.74) is 0.967. The lowest BCUT2D eigenvalue weighted by molar-refractivity contribution is -0.119. The fraction of sp³-hybridized carbons (Fsp3) is 0.412. The highest BCUT2D eigenvalue weighted by atomic mass is 32.2. The first-order valence-corrected chi connectivity index (χ1v) is 10.1. The van der Waals surface area contributed by atoms with Crippen LogP contribution in [0, 0.1) is 0 Å². The number of thioether (sulfide) groups is 1. The van der Waals surface area contributed by atoms with E-state index in [2.05, 4.69) is 33.1 Å². The van der Waals surface area contributed by atoms with Gasteiger partial charge in [0, 0.05) is 13.1 Å². The molecule has 0 aliphatic carbocycles.